The Hall–Kier alpha value is -2.49. The van der Waals surface area contributed by atoms with E-state index < -0.39 is 11.9 Å². The number of hydrogen-bond acceptors (Lipinski definition) is 8. The van der Waals surface area contributed by atoms with Gasteiger partial charge >= 0.3 is 51.4 Å². The van der Waals surface area contributed by atoms with E-state index in [0.717, 1.165) is 60.9 Å². The first-order chi connectivity index (χ1) is 24.8. The Labute approximate surface area is 381 Å². The number of carbonyl (C=O) groups excluding carboxylic acids is 4. The van der Waals surface area contributed by atoms with Gasteiger partial charge in [0.1, 0.15) is 6.29 Å². The third-order valence-electron chi connectivity index (χ3n) is 9.22. The van der Waals surface area contributed by atoms with Crippen molar-refractivity contribution in [2.75, 3.05) is 57.5 Å². The summed E-state index contributed by atoms with van der Waals surface area (Å²) >= 11 is 0. The molecule has 2 atom stereocenters. The molecule has 0 aromatic heterocycles. The van der Waals surface area contributed by atoms with Gasteiger partial charge in [0.2, 0.25) is 5.91 Å². The van der Waals surface area contributed by atoms with Crippen LogP contribution >= 0.6 is 0 Å². The molecule has 1 heterocycles. The molecule has 1 radical (unpaired) electrons. The van der Waals surface area contributed by atoms with Gasteiger partial charge in [0.05, 0.1) is 23.0 Å². The minimum Gasteiger partial charge on any atom is -0.684 e. The van der Waals surface area contributed by atoms with Crippen molar-refractivity contribution in [2.45, 2.75) is 57.5 Å². The van der Waals surface area contributed by atoms with Crippen molar-refractivity contribution in [3.05, 3.63) is 82.4 Å². The van der Waals surface area contributed by atoms with Crippen molar-refractivity contribution in [2.24, 2.45) is 4.99 Å². The molecule has 1 aliphatic rings. The number of likely N-dealkylation sites (N-methyl/N-ethyl adjacent to an activating group) is 1. The predicted octanol–water partition coefficient (Wildman–Crippen LogP) is 4.13. The standard InChI is InChI=1S/C39H52N8O4.K.Y/c1-28-9-8-23-47(28)24-22-44-34-18-16-32(25-36(34)40-2)45-31-14-12-30(13-15-31)42-20-5-6-21-43-35-11-7-10-29(26-48)38(35)39(51)46(4)33(27-49)17-19-37(50)41-3;;/h7,10-16,18,25-28,33H,2,5-6,8-9,17,19-24H2,1,3-4H3,(H5,41,42,43,44,45,48,50,51);;/q;+1;/p-2. The third kappa shape index (κ3) is 14.3. The van der Waals surface area contributed by atoms with E-state index in [-0.39, 0.29) is 114 Å². The maximum absolute atomic E-state index is 13.4. The van der Waals surface area contributed by atoms with Crippen molar-refractivity contribution in [3.8, 4) is 0 Å². The second-order valence-corrected chi connectivity index (χ2v) is 12.7. The zero-order valence-corrected chi connectivity index (χ0v) is 37.5. The number of anilines is 2. The minimum absolute atomic E-state index is 0. The van der Waals surface area contributed by atoms with E-state index in [1.54, 1.807) is 18.2 Å². The van der Waals surface area contributed by atoms with E-state index >= 15 is 0 Å². The molecule has 3 aromatic rings. The van der Waals surface area contributed by atoms with Gasteiger partial charge in [-0.05, 0) is 64.1 Å². The second kappa shape index (κ2) is 24.8. The SMILES string of the molecule is C=Nc1cc([N-]c2ccc([N-]CCCCNc3cccc(C=O)c3C(=O)N(C)C(C=O)CCC(=O)NC)cc2)ccc1NCCN1CCCC1C.[K+].[Y]. The Balaban J connectivity index is 0.00000486. The maximum atomic E-state index is 13.4. The Morgan fingerprint density at radius 2 is 1.74 bits per heavy atom. The summed E-state index contributed by atoms with van der Waals surface area (Å²) in [5, 5.41) is 18.7. The Bertz CT molecular complexity index is 1640. The van der Waals surface area contributed by atoms with Crippen molar-refractivity contribution in [1.29, 1.82) is 0 Å². The molecule has 0 saturated carbocycles. The van der Waals surface area contributed by atoms with E-state index in [0.29, 0.717) is 37.4 Å². The zero-order valence-electron chi connectivity index (χ0n) is 31.5. The number of unbranched alkanes of at least 4 members (excludes halogenated alkanes) is 1. The smallest absolute Gasteiger partial charge is 0.684 e. The van der Waals surface area contributed by atoms with Crippen LogP contribution in [0.4, 0.5) is 34.1 Å². The summed E-state index contributed by atoms with van der Waals surface area (Å²) in [5.74, 6) is -0.690. The van der Waals surface area contributed by atoms with Crippen LogP contribution in [0.25, 0.3) is 10.6 Å². The maximum Gasteiger partial charge on any atom is 1.00 e. The number of likely N-dealkylation sites (tertiary alicyclic amines) is 1. The number of nitrogens with one attached hydrogen (secondary N) is 3. The van der Waals surface area contributed by atoms with Crippen LogP contribution in [-0.2, 0) is 42.3 Å². The fourth-order valence-corrected chi connectivity index (χ4v) is 6.12. The molecular formula is C39H50KN8O4Y-. The summed E-state index contributed by atoms with van der Waals surface area (Å²) in [6.07, 6.45) is 5.67. The molecule has 12 nitrogen and oxygen atoms in total. The van der Waals surface area contributed by atoms with Gasteiger partial charge in [0, 0.05) is 90.2 Å². The number of aldehydes is 2. The minimum atomic E-state index is -0.804. The molecule has 1 fully saturated rings. The number of amides is 2. The average molecular weight is 823 g/mol. The summed E-state index contributed by atoms with van der Waals surface area (Å²) in [6, 6.07) is 18.5. The summed E-state index contributed by atoms with van der Waals surface area (Å²) < 4.78 is 0. The molecule has 0 spiro atoms. The fraction of sp³-hybridized carbons (Fsp3) is 0.410. The van der Waals surface area contributed by atoms with Crippen LogP contribution in [0.3, 0.4) is 0 Å². The van der Waals surface area contributed by atoms with E-state index in [1.807, 2.05) is 42.5 Å². The summed E-state index contributed by atoms with van der Waals surface area (Å²) in [4.78, 5) is 56.7. The third-order valence-corrected chi connectivity index (χ3v) is 9.22. The zero-order chi connectivity index (χ0) is 36.6. The first kappa shape index (κ1) is 46.7. The Kier molecular flexibility index (Phi) is 21.9. The Morgan fingerprint density at radius 3 is 2.40 bits per heavy atom. The van der Waals surface area contributed by atoms with Crippen LogP contribution in [0, 0.1) is 0 Å². The molecule has 4 rings (SSSR count). The fourth-order valence-electron chi connectivity index (χ4n) is 6.12. The molecule has 275 valence electrons. The van der Waals surface area contributed by atoms with Crippen LogP contribution < -0.4 is 67.3 Å². The molecule has 2 unspecified atom stereocenters. The van der Waals surface area contributed by atoms with Crippen LogP contribution in [0.2, 0.25) is 0 Å². The van der Waals surface area contributed by atoms with E-state index in [4.69, 9.17) is 5.32 Å². The van der Waals surface area contributed by atoms with Crippen molar-refractivity contribution in [3.63, 3.8) is 0 Å². The van der Waals surface area contributed by atoms with Crippen molar-refractivity contribution in [1.82, 2.24) is 15.1 Å². The topological polar surface area (TPSA) is 151 Å². The van der Waals surface area contributed by atoms with Gasteiger partial charge in [-0.15, -0.1) is 23.6 Å². The molecule has 53 heavy (non-hydrogen) atoms. The first-order valence-electron chi connectivity index (χ1n) is 17.6. The van der Waals surface area contributed by atoms with Gasteiger partial charge < -0.3 is 36.3 Å². The quantitative estimate of drug-likeness (QED) is 0.0633. The normalized spacial score (nSPS) is 14.1. The van der Waals surface area contributed by atoms with Gasteiger partial charge in [0.15, 0.2) is 6.29 Å². The molecule has 3 aromatic carbocycles. The van der Waals surface area contributed by atoms with Gasteiger partial charge in [-0.3, -0.25) is 24.3 Å². The van der Waals surface area contributed by atoms with E-state index in [1.165, 1.54) is 31.8 Å². The molecule has 1 aliphatic heterocycles. The second-order valence-electron chi connectivity index (χ2n) is 12.7. The molecule has 0 bridgehead atoms. The van der Waals surface area contributed by atoms with Crippen LogP contribution in [0.5, 0.6) is 0 Å². The molecular weight excluding hydrogens is 772 g/mol. The summed E-state index contributed by atoms with van der Waals surface area (Å²) in [7, 11) is 3.02. The largest absolute Gasteiger partial charge is 1.00 e. The number of nitrogens with zero attached hydrogens (tertiary/aromatic N) is 5. The number of carbonyl (C=O) groups is 4. The van der Waals surface area contributed by atoms with Gasteiger partial charge in [-0.1, -0.05) is 48.9 Å². The molecule has 14 heteroatoms. The number of aliphatic imine (C=N–C) groups is 1. The number of rotatable bonds is 21. The van der Waals surface area contributed by atoms with Gasteiger partial charge in [0.25, 0.3) is 5.91 Å². The van der Waals surface area contributed by atoms with Crippen molar-refractivity contribution < 1.29 is 103 Å². The van der Waals surface area contributed by atoms with Crippen LogP contribution in [-0.4, -0.2) is 99.8 Å². The van der Waals surface area contributed by atoms with E-state index in [9.17, 15) is 19.2 Å². The Morgan fingerprint density at radius 1 is 1.02 bits per heavy atom. The molecule has 2 amide bonds. The summed E-state index contributed by atoms with van der Waals surface area (Å²) in [6.45, 7) is 10.2. The van der Waals surface area contributed by atoms with Gasteiger partial charge in [-0.2, -0.15) is 0 Å². The molecule has 0 aliphatic carbocycles. The predicted molar refractivity (Wildman–Crippen MR) is 206 cm³/mol. The molecule has 1 saturated heterocycles. The summed E-state index contributed by atoms with van der Waals surface area (Å²) in [5.41, 5.74) is 5.14. The van der Waals surface area contributed by atoms with Crippen molar-refractivity contribution >= 4 is 65.2 Å². The van der Waals surface area contributed by atoms with Crippen LogP contribution in [0.15, 0.2) is 65.7 Å². The average Bonchev–Trinajstić information content (AvgIpc) is 3.57. The van der Waals surface area contributed by atoms with Crippen LogP contribution in [0.1, 0.15) is 66.2 Å². The molecule has 3 N–H and O–H groups in total. The van der Waals surface area contributed by atoms with Gasteiger partial charge in [-0.25, -0.2) is 0 Å². The number of benzene rings is 3. The van der Waals surface area contributed by atoms with E-state index in [2.05, 4.69) is 44.8 Å². The number of hydrogen-bond donors (Lipinski definition) is 3. The monoisotopic (exact) mass is 822 g/mol. The first-order valence-corrected chi connectivity index (χ1v) is 17.6.